The summed E-state index contributed by atoms with van der Waals surface area (Å²) < 4.78 is 22.5. The minimum absolute atomic E-state index is 0.0926. The van der Waals surface area contributed by atoms with E-state index in [4.69, 9.17) is 0 Å². The highest BCUT2D eigenvalue weighted by Crippen LogP contribution is 2.24. The van der Waals surface area contributed by atoms with Gasteiger partial charge in [0.2, 0.25) is 14.2 Å². The highest BCUT2D eigenvalue weighted by molar-refractivity contribution is 7.94. The zero-order valence-corrected chi connectivity index (χ0v) is 8.74. The van der Waals surface area contributed by atoms with Gasteiger partial charge in [0.1, 0.15) is 5.51 Å². The lowest BCUT2D eigenvalue weighted by Gasteiger charge is -2.15. The monoisotopic (exact) mass is 206 g/mol. The lowest BCUT2D eigenvalue weighted by atomic mass is 10.3. The Hall–Kier alpha value is -0.490. The van der Waals surface area contributed by atoms with Gasteiger partial charge in [0.15, 0.2) is 0 Å². The summed E-state index contributed by atoms with van der Waals surface area (Å²) in [4.78, 5) is 0. The molecule has 0 amide bonds. The van der Waals surface area contributed by atoms with Crippen LogP contribution in [-0.2, 0) is 9.84 Å². The van der Waals surface area contributed by atoms with Crippen LogP contribution in [0, 0.1) is 0 Å². The molecule has 0 saturated heterocycles. The van der Waals surface area contributed by atoms with Crippen molar-refractivity contribution in [2.45, 2.75) is 29.9 Å². The molecule has 0 atom stereocenters. The van der Waals surface area contributed by atoms with E-state index in [1.165, 1.54) is 5.51 Å². The van der Waals surface area contributed by atoms with Crippen molar-refractivity contribution in [3.05, 3.63) is 5.51 Å². The van der Waals surface area contributed by atoms with Crippen LogP contribution in [0.3, 0.4) is 0 Å². The van der Waals surface area contributed by atoms with Crippen LogP contribution in [0.15, 0.2) is 9.85 Å². The summed E-state index contributed by atoms with van der Waals surface area (Å²) >= 11 is 1.05. The third kappa shape index (κ3) is 1.49. The highest BCUT2D eigenvalue weighted by Gasteiger charge is 2.33. The van der Waals surface area contributed by atoms with Crippen molar-refractivity contribution in [2.75, 3.05) is 0 Å². The van der Waals surface area contributed by atoms with Gasteiger partial charge in [0.25, 0.3) is 0 Å². The quantitative estimate of drug-likeness (QED) is 0.690. The number of aromatic nitrogens is 2. The predicted octanol–water partition coefficient (Wildman–Crippen LogP) is 1.11. The Morgan fingerprint density at radius 2 is 2.00 bits per heavy atom. The molecule has 0 radical (unpaired) electrons. The first kappa shape index (κ1) is 9.60. The molecule has 0 aliphatic rings. The fourth-order valence-electron chi connectivity index (χ4n) is 0.542. The maximum absolute atomic E-state index is 11.6. The van der Waals surface area contributed by atoms with Gasteiger partial charge in [-0.25, -0.2) is 8.42 Å². The maximum atomic E-state index is 11.6. The van der Waals surface area contributed by atoms with Crippen molar-refractivity contribution < 1.29 is 8.42 Å². The van der Waals surface area contributed by atoms with Gasteiger partial charge in [-0.3, -0.25) is 0 Å². The van der Waals surface area contributed by atoms with Gasteiger partial charge in [-0.2, -0.15) is 0 Å². The van der Waals surface area contributed by atoms with Gasteiger partial charge >= 0.3 is 0 Å². The topological polar surface area (TPSA) is 59.9 Å². The van der Waals surface area contributed by atoms with Gasteiger partial charge in [0, 0.05) is 0 Å². The van der Waals surface area contributed by atoms with Gasteiger partial charge in [-0.15, -0.1) is 10.2 Å². The Morgan fingerprint density at radius 3 is 2.33 bits per heavy atom. The van der Waals surface area contributed by atoms with Crippen LogP contribution in [0.25, 0.3) is 0 Å². The van der Waals surface area contributed by atoms with Crippen molar-refractivity contribution in [3.8, 4) is 0 Å². The summed E-state index contributed by atoms with van der Waals surface area (Å²) in [6, 6.07) is 0. The Balaban J connectivity index is 3.22. The number of sulfone groups is 1. The van der Waals surface area contributed by atoms with Crippen molar-refractivity contribution in [1.29, 1.82) is 0 Å². The first-order valence-corrected chi connectivity index (χ1v) is 5.73. The first-order valence-electron chi connectivity index (χ1n) is 3.36. The van der Waals surface area contributed by atoms with E-state index in [1.54, 1.807) is 20.8 Å². The lowest BCUT2D eigenvalue weighted by molar-refractivity contribution is 0.558. The van der Waals surface area contributed by atoms with E-state index >= 15 is 0 Å². The molecule has 0 aliphatic carbocycles. The molecule has 1 rings (SSSR count). The molecular weight excluding hydrogens is 196 g/mol. The fourth-order valence-corrected chi connectivity index (χ4v) is 2.89. The van der Waals surface area contributed by atoms with Crippen LogP contribution in [0.4, 0.5) is 0 Å². The van der Waals surface area contributed by atoms with E-state index in [0.29, 0.717) is 0 Å². The van der Waals surface area contributed by atoms with E-state index in [-0.39, 0.29) is 4.34 Å². The summed E-state index contributed by atoms with van der Waals surface area (Å²) in [5.74, 6) is 0. The summed E-state index contributed by atoms with van der Waals surface area (Å²) in [7, 11) is -3.29. The average molecular weight is 206 g/mol. The molecule has 12 heavy (non-hydrogen) atoms. The van der Waals surface area contributed by atoms with Gasteiger partial charge in [0.05, 0.1) is 4.75 Å². The van der Waals surface area contributed by atoms with Gasteiger partial charge < -0.3 is 0 Å². The highest BCUT2D eigenvalue weighted by atomic mass is 32.2. The van der Waals surface area contributed by atoms with E-state index < -0.39 is 14.6 Å². The van der Waals surface area contributed by atoms with Crippen LogP contribution in [0.2, 0.25) is 0 Å². The molecule has 1 aromatic rings. The number of hydrogen-bond donors (Lipinski definition) is 0. The Morgan fingerprint density at radius 1 is 1.42 bits per heavy atom. The molecule has 1 aromatic heterocycles. The summed E-state index contributed by atoms with van der Waals surface area (Å²) in [5.41, 5.74) is 1.42. The van der Waals surface area contributed by atoms with Crippen LogP contribution in [0.1, 0.15) is 20.8 Å². The second-order valence-electron chi connectivity index (χ2n) is 3.32. The maximum Gasteiger partial charge on any atom is 0.232 e. The molecule has 0 aliphatic heterocycles. The molecule has 4 nitrogen and oxygen atoms in total. The molecule has 6 heteroatoms. The van der Waals surface area contributed by atoms with Crippen LogP contribution < -0.4 is 0 Å². The van der Waals surface area contributed by atoms with Crippen molar-refractivity contribution in [3.63, 3.8) is 0 Å². The van der Waals surface area contributed by atoms with Crippen molar-refractivity contribution in [2.24, 2.45) is 0 Å². The standard InChI is InChI=1S/C6H10N2O2S2/c1-6(2,3)12(9,10)5-8-7-4-11-5/h4H,1-3H3. The van der Waals surface area contributed by atoms with E-state index in [0.717, 1.165) is 11.3 Å². The van der Waals surface area contributed by atoms with Gasteiger partial charge in [-0.05, 0) is 20.8 Å². The van der Waals surface area contributed by atoms with Crippen LogP contribution in [0.5, 0.6) is 0 Å². The minimum atomic E-state index is -3.29. The van der Waals surface area contributed by atoms with E-state index in [2.05, 4.69) is 10.2 Å². The summed E-state index contributed by atoms with van der Waals surface area (Å²) in [5, 5.41) is 7.03. The zero-order chi connectivity index (χ0) is 9.41. The predicted molar refractivity (Wildman–Crippen MR) is 46.8 cm³/mol. The molecule has 68 valence electrons. The fraction of sp³-hybridized carbons (Fsp3) is 0.667. The molecule has 0 aromatic carbocycles. The Kier molecular flexibility index (Phi) is 2.22. The SMILES string of the molecule is CC(C)(C)S(=O)(=O)c1nncs1. The van der Waals surface area contributed by atoms with Gasteiger partial charge in [-0.1, -0.05) is 11.3 Å². The zero-order valence-electron chi connectivity index (χ0n) is 7.10. The largest absolute Gasteiger partial charge is 0.232 e. The second kappa shape index (κ2) is 2.77. The second-order valence-corrected chi connectivity index (χ2v) is 7.03. The third-order valence-electron chi connectivity index (χ3n) is 1.38. The van der Waals surface area contributed by atoms with Crippen molar-refractivity contribution in [1.82, 2.24) is 10.2 Å². The van der Waals surface area contributed by atoms with Crippen LogP contribution in [-0.4, -0.2) is 23.4 Å². The Bertz CT molecular complexity index is 347. The third-order valence-corrected chi connectivity index (χ3v) is 4.96. The van der Waals surface area contributed by atoms with Crippen molar-refractivity contribution >= 4 is 21.2 Å². The van der Waals surface area contributed by atoms with Crippen LogP contribution >= 0.6 is 11.3 Å². The molecule has 1 heterocycles. The minimum Gasteiger partial charge on any atom is -0.221 e. The summed E-state index contributed by atoms with van der Waals surface area (Å²) in [6.45, 7) is 4.93. The average Bonchev–Trinajstić information content (AvgIpc) is 2.34. The molecule has 0 bridgehead atoms. The summed E-state index contributed by atoms with van der Waals surface area (Å²) in [6.07, 6.45) is 0. The molecule has 0 saturated carbocycles. The smallest absolute Gasteiger partial charge is 0.221 e. The molecule has 0 N–H and O–H groups in total. The lowest BCUT2D eigenvalue weighted by Crippen LogP contribution is -2.27. The first-order chi connectivity index (χ1) is 5.36. The molecular formula is C6H10N2O2S2. The number of nitrogens with zero attached hydrogens (tertiary/aromatic N) is 2. The molecule has 0 unspecified atom stereocenters. The van der Waals surface area contributed by atoms with E-state index in [9.17, 15) is 8.42 Å². The number of hydrogen-bond acceptors (Lipinski definition) is 5. The normalized spacial score (nSPS) is 13.2. The molecule has 0 fully saturated rings. The van der Waals surface area contributed by atoms with E-state index in [1.807, 2.05) is 0 Å². The Labute approximate surface area is 75.6 Å². The number of rotatable bonds is 1. The molecule has 0 spiro atoms.